The van der Waals surface area contributed by atoms with E-state index in [2.05, 4.69) is 28.6 Å². The first-order chi connectivity index (χ1) is 7.04. The van der Waals surface area contributed by atoms with Crippen molar-refractivity contribution in [1.82, 2.24) is 0 Å². The minimum atomic E-state index is -0.318. The van der Waals surface area contributed by atoms with E-state index in [1.807, 2.05) is 13.8 Å². The predicted molar refractivity (Wildman–Crippen MR) is 66.6 cm³/mol. The van der Waals surface area contributed by atoms with E-state index in [4.69, 9.17) is 4.74 Å². The van der Waals surface area contributed by atoms with Crippen molar-refractivity contribution in [3.63, 3.8) is 0 Å². The first kappa shape index (κ1) is 12.6. The van der Waals surface area contributed by atoms with Crippen molar-refractivity contribution in [3.05, 3.63) is 28.2 Å². The number of carbonyl (C=O) groups is 1. The maximum absolute atomic E-state index is 11.7. The number of ether oxygens (including phenoxy) is 1. The van der Waals surface area contributed by atoms with Crippen LogP contribution in [0.3, 0.4) is 0 Å². The first-order valence-corrected chi connectivity index (χ1v) is 5.98. The zero-order chi connectivity index (χ0) is 11.4. The van der Waals surface area contributed by atoms with Crippen LogP contribution in [0.2, 0.25) is 0 Å². The van der Waals surface area contributed by atoms with Crippen LogP contribution in [-0.4, -0.2) is 12.1 Å². The smallest absolute Gasteiger partial charge is 0.339 e. The molecule has 0 spiro atoms. The van der Waals surface area contributed by atoms with Gasteiger partial charge in [0.25, 0.3) is 0 Å². The van der Waals surface area contributed by atoms with Gasteiger partial charge in [0.15, 0.2) is 0 Å². The highest BCUT2D eigenvalue weighted by atomic mass is 79.9. The molecule has 0 aromatic heterocycles. The fourth-order valence-corrected chi connectivity index (χ4v) is 1.85. The normalized spacial score (nSPS) is 12.3. The molecule has 0 radical (unpaired) electrons. The van der Waals surface area contributed by atoms with Crippen molar-refractivity contribution < 1.29 is 9.53 Å². The van der Waals surface area contributed by atoms with Gasteiger partial charge in [0, 0.05) is 9.37 Å². The molecule has 1 atom stereocenters. The Morgan fingerprint density at radius 3 is 2.80 bits per heavy atom. The third-order valence-electron chi connectivity index (χ3n) is 2.06. The van der Waals surface area contributed by atoms with Gasteiger partial charge >= 0.3 is 5.97 Å². The summed E-state index contributed by atoms with van der Waals surface area (Å²) in [6.07, 6.45) is 0.748. The van der Waals surface area contributed by atoms with E-state index < -0.39 is 0 Å². The number of thiol groups is 1. The molecule has 1 rings (SSSR count). The molecular weight excluding hydrogens is 276 g/mol. The van der Waals surface area contributed by atoms with Gasteiger partial charge in [-0.2, -0.15) is 0 Å². The fourth-order valence-electron chi connectivity index (χ4n) is 1.01. The molecule has 0 aliphatic heterocycles. The lowest BCUT2D eigenvalue weighted by atomic mass is 10.2. The Labute approximate surface area is 104 Å². The van der Waals surface area contributed by atoms with Gasteiger partial charge in [0.05, 0.1) is 11.7 Å². The molecule has 0 heterocycles. The van der Waals surface area contributed by atoms with E-state index in [1.54, 1.807) is 18.2 Å². The van der Waals surface area contributed by atoms with Crippen LogP contribution in [0.5, 0.6) is 0 Å². The van der Waals surface area contributed by atoms with Crippen LogP contribution in [0.15, 0.2) is 27.6 Å². The monoisotopic (exact) mass is 288 g/mol. The Bertz CT molecular complexity index is 366. The summed E-state index contributed by atoms with van der Waals surface area (Å²) in [6, 6.07) is 5.28. The van der Waals surface area contributed by atoms with Crippen LogP contribution in [0, 0.1) is 0 Å². The molecule has 0 N–H and O–H groups in total. The minimum Gasteiger partial charge on any atom is -0.459 e. The Morgan fingerprint density at radius 1 is 1.60 bits per heavy atom. The zero-order valence-electron chi connectivity index (χ0n) is 8.66. The Morgan fingerprint density at radius 2 is 2.27 bits per heavy atom. The first-order valence-electron chi connectivity index (χ1n) is 4.74. The molecule has 2 nitrogen and oxygen atoms in total. The number of benzene rings is 1. The molecule has 15 heavy (non-hydrogen) atoms. The van der Waals surface area contributed by atoms with Gasteiger partial charge < -0.3 is 4.74 Å². The van der Waals surface area contributed by atoms with Crippen molar-refractivity contribution in [2.75, 3.05) is 0 Å². The van der Waals surface area contributed by atoms with Gasteiger partial charge in [0.1, 0.15) is 0 Å². The van der Waals surface area contributed by atoms with Crippen molar-refractivity contribution >= 4 is 34.5 Å². The minimum absolute atomic E-state index is 0.0612. The molecule has 0 saturated carbocycles. The quantitative estimate of drug-likeness (QED) is 0.678. The SMILES string of the molecule is CCC(C)OC(=O)c1ccc(Br)cc1S. The number of carbonyl (C=O) groups excluding carboxylic acids is 1. The highest BCUT2D eigenvalue weighted by molar-refractivity contribution is 9.10. The van der Waals surface area contributed by atoms with E-state index >= 15 is 0 Å². The summed E-state index contributed by atoms with van der Waals surface area (Å²) in [5, 5.41) is 0. The van der Waals surface area contributed by atoms with Gasteiger partial charge in [0.2, 0.25) is 0 Å². The van der Waals surface area contributed by atoms with E-state index in [0.29, 0.717) is 10.5 Å². The Balaban J connectivity index is 2.82. The summed E-state index contributed by atoms with van der Waals surface area (Å²) in [6.45, 7) is 3.84. The Kier molecular flexibility index (Phi) is 4.67. The zero-order valence-corrected chi connectivity index (χ0v) is 11.1. The van der Waals surface area contributed by atoms with Crippen molar-refractivity contribution in [2.24, 2.45) is 0 Å². The van der Waals surface area contributed by atoms with Crippen LogP contribution < -0.4 is 0 Å². The van der Waals surface area contributed by atoms with Crippen molar-refractivity contribution in [3.8, 4) is 0 Å². The summed E-state index contributed by atoms with van der Waals surface area (Å²) < 4.78 is 6.10. The molecule has 0 aliphatic carbocycles. The van der Waals surface area contributed by atoms with Gasteiger partial charge in [-0.3, -0.25) is 0 Å². The number of hydrogen-bond donors (Lipinski definition) is 1. The molecule has 0 aliphatic rings. The standard InChI is InChI=1S/C11H13BrO2S/c1-3-7(2)14-11(13)9-5-4-8(12)6-10(9)15/h4-7,15H,3H2,1-2H3. The summed E-state index contributed by atoms with van der Waals surface area (Å²) >= 11 is 7.54. The lowest BCUT2D eigenvalue weighted by molar-refractivity contribution is 0.0330. The molecular formula is C11H13BrO2S. The van der Waals surface area contributed by atoms with E-state index in [1.165, 1.54) is 0 Å². The number of hydrogen-bond acceptors (Lipinski definition) is 3. The largest absolute Gasteiger partial charge is 0.459 e. The number of halogens is 1. The maximum atomic E-state index is 11.7. The van der Waals surface area contributed by atoms with Gasteiger partial charge in [-0.05, 0) is 31.5 Å². The van der Waals surface area contributed by atoms with Crippen LogP contribution in [0.1, 0.15) is 30.6 Å². The second-order valence-corrected chi connectivity index (χ2v) is 4.68. The van der Waals surface area contributed by atoms with Crippen LogP contribution in [-0.2, 0) is 4.74 Å². The highest BCUT2D eigenvalue weighted by Gasteiger charge is 2.13. The third-order valence-corrected chi connectivity index (χ3v) is 2.93. The topological polar surface area (TPSA) is 26.3 Å². The van der Waals surface area contributed by atoms with Gasteiger partial charge in [-0.25, -0.2) is 4.79 Å². The second-order valence-electron chi connectivity index (χ2n) is 3.29. The summed E-state index contributed by atoms with van der Waals surface area (Å²) in [5.41, 5.74) is 0.502. The summed E-state index contributed by atoms with van der Waals surface area (Å²) in [5.74, 6) is -0.318. The molecule has 1 unspecified atom stereocenters. The van der Waals surface area contributed by atoms with E-state index in [0.717, 1.165) is 10.9 Å². The average molecular weight is 289 g/mol. The summed E-state index contributed by atoms with van der Waals surface area (Å²) in [7, 11) is 0. The molecule has 82 valence electrons. The third kappa shape index (κ3) is 3.54. The Hall–Kier alpha value is -0.480. The predicted octanol–water partition coefficient (Wildman–Crippen LogP) is 3.69. The van der Waals surface area contributed by atoms with Crippen LogP contribution >= 0.6 is 28.6 Å². The van der Waals surface area contributed by atoms with Crippen molar-refractivity contribution in [1.29, 1.82) is 0 Å². The molecule has 1 aromatic rings. The molecule has 0 fully saturated rings. The summed E-state index contributed by atoms with van der Waals surface area (Å²) in [4.78, 5) is 12.3. The number of rotatable bonds is 3. The van der Waals surface area contributed by atoms with Gasteiger partial charge in [-0.15, -0.1) is 12.6 Å². The lowest BCUT2D eigenvalue weighted by Gasteiger charge is -2.11. The lowest BCUT2D eigenvalue weighted by Crippen LogP contribution is -2.14. The van der Waals surface area contributed by atoms with Crippen molar-refractivity contribution in [2.45, 2.75) is 31.3 Å². The molecule has 0 bridgehead atoms. The molecule has 0 saturated heterocycles. The average Bonchev–Trinajstić information content (AvgIpc) is 2.17. The van der Waals surface area contributed by atoms with E-state index in [-0.39, 0.29) is 12.1 Å². The highest BCUT2D eigenvalue weighted by Crippen LogP contribution is 2.21. The fraction of sp³-hybridized carbons (Fsp3) is 0.364. The maximum Gasteiger partial charge on any atom is 0.339 e. The number of esters is 1. The molecule has 4 heteroatoms. The van der Waals surface area contributed by atoms with E-state index in [9.17, 15) is 4.79 Å². The molecule has 1 aromatic carbocycles. The van der Waals surface area contributed by atoms with Crippen LogP contribution in [0.4, 0.5) is 0 Å². The van der Waals surface area contributed by atoms with Crippen LogP contribution in [0.25, 0.3) is 0 Å². The van der Waals surface area contributed by atoms with Gasteiger partial charge in [-0.1, -0.05) is 22.9 Å². The second kappa shape index (κ2) is 5.56. The molecule has 0 amide bonds.